The van der Waals surface area contributed by atoms with Crippen LogP contribution < -0.4 is 0 Å². The quantitative estimate of drug-likeness (QED) is 0.551. The van der Waals surface area contributed by atoms with Gasteiger partial charge >= 0.3 is 0 Å². The Morgan fingerprint density at radius 3 is 2.86 bits per heavy atom. The standard InChI is InChI=1S/C11H11ClN2/c1-4-9(6-13-3)11-5-8(2)10(12)7-14-11/h4-7H,1,3H2,2H3/b9-6+. The van der Waals surface area contributed by atoms with Crippen LogP contribution in [0.4, 0.5) is 0 Å². The van der Waals surface area contributed by atoms with E-state index in [9.17, 15) is 0 Å². The minimum atomic E-state index is 0.656. The van der Waals surface area contributed by atoms with Crippen molar-refractivity contribution < 1.29 is 0 Å². The Morgan fingerprint density at radius 2 is 2.36 bits per heavy atom. The van der Waals surface area contributed by atoms with Gasteiger partial charge in [0.2, 0.25) is 0 Å². The van der Waals surface area contributed by atoms with Crippen LogP contribution in [-0.4, -0.2) is 11.7 Å². The Labute approximate surface area is 88.7 Å². The van der Waals surface area contributed by atoms with Crippen molar-refractivity contribution in [1.82, 2.24) is 4.98 Å². The van der Waals surface area contributed by atoms with Crippen LogP contribution in [0.1, 0.15) is 11.3 Å². The molecule has 1 rings (SSSR count). The maximum absolute atomic E-state index is 5.86. The summed E-state index contributed by atoms with van der Waals surface area (Å²) in [5.74, 6) is 0. The third-order valence-electron chi connectivity index (χ3n) is 1.79. The minimum Gasteiger partial charge on any atom is -0.272 e. The van der Waals surface area contributed by atoms with Gasteiger partial charge in [-0.1, -0.05) is 24.3 Å². The number of nitrogens with zero attached hydrogens (tertiary/aromatic N) is 2. The molecule has 3 heteroatoms. The van der Waals surface area contributed by atoms with Crippen LogP contribution in [0.5, 0.6) is 0 Å². The number of aliphatic imine (C=N–C) groups is 1. The van der Waals surface area contributed by atoms with Gasteiger partial charge in [0.1, 0.15) is 0 Å². The molecular weight excluding hydrogens is 196 g/mol. The largest absolute Gasteiger partial charge is 0.272 e. The van der Waals surface area contributed by atoms with Crippen LogP contribution in [0.3, 0.4) is 0 Å². The number of allylic oxidation sites excluding steroid dienone is 2. The molecule has 0 aliphatic carbocycles. The molecule has 0 radical (unpaired) electrons. The normalized spacial score (nSPS) is 11.1. The number of halogens is 1. The van der Waals surface area contributed by atoms with Gasteiger partial charge in [-0.15, -0.1) is 0 Å². The molecule has 0 N–H and O–H groups in total. The minimum absolute atomic E-state index is 0.656. The van der Waals surface area contributed by atoms with Crippen LogP contribution in [0.15, 0.2) is 36.1 Å². The second kappa shape index (κ2) is 4.72. The van der Waals surface area contributed by atoms with E-state index in [1.54, 1.807) is 18.5 Å². The van der Waals surface area contributed by atoms with E-state index in [0.29, 0.717) is 5.02 Å². The lowest BCUT2D eigenvalue weighted by Crippen LogP contribution is -1.88. The van der Waals surface area contributed by atoms with E-state index in [4.69, 9.17) is 11.6 Å². The van der Waals surface area contributed by atoms with E-state index in [1.807, 2.05) is 13.0 Å². The summed E-state index contributed by atoms with van der Waals surface area (Å²) in [6.07, 6.45) is 4.92. The average Bonchev–Trinajstić information content (AvgIpc) is 2.19. The Hall–Kier alpha value is -1.41. The van der Waals surface area contributed by atoms with E-state index in [-0.39, 0.29) is 0 Å². The molecule has 14 heavy (non-hydrogen) atoms. The third-order valence-corrected chi connectivity index (χ3v) is 2.19. The fourth-order valence-corrected chi connectivity index (χ4v) is 1.12. The fourth-order valence-electron chi connectivity index (χ4n) is 1.02. The number of hydrogen-bond acceptors (Lipinski definition) is 2. The summed E-state index contributed by atoms with van der Waals surface area (Å²) in [4.78, 5) is 7.85. The fraction of sp³-hybridized carbons (Fsp3) is 0.0909. The first-order valence-electron chi connectivity index (χ1n) is 4.10. The lowest BCUT2D eigenvalue weighted by Gasteiger charge is -2.02. The van der Waals surface area contributed by atoms with Gasteiger partial charge in [0.25, 0.3) is 0 Å². The van der Waals surface area contributed by atoms with Crippen molar-refractivity contribution in [2.75, 3.05) is 0 Å². The van der Waals surface area contributed by atoms with E-state index in [0.717, 1.165) is 16.8 Å². The Bertz CT molecular complexity index is 394. The van der Waals surface area contributed by atoms with Crippen LogP contribution in [0.2, 0.25) is 5.02 Å². The van der Waals surface area contributed by atoms with Crippen LogP contribution in [0, 0.1) is 6.92 Å². The van der Waals surface area contributed by atoms with Gasteiger partial charge in [-0.05, 0) is 25.3 Å². The van der Waals surface area contributed by atoms with Crippen molar-refractivity contribution >= 4 is 23.9 Å². The first-order valence-corrected chi connectivity index (χ1v) is 4.47. The maximum Gasteiger partial charge on any atom is 0.0720 e. The molecular formula is C11H11ClN2. The van der Waals surface area contributed by atoms with E-state index in [1.165, 1.54) is 0 Å². The van der Waals surface area contributed by atoms with Gasteiger partial charge in [0.05, 0.1) is 10.7 Å². The van der Waals surface area contributed by atoms with Gasteiger partial charge in [-0.2, -0.15) is 0 Å². The van der Waals surface area contributed by atoms with Crippen molar-refractivity contribution in [1.29, 1.82) is 0 Å². The second-order valence-electron chi connectivity index (χ2n) is 2.79. The Balaban J connectivity index is 3.18. The van der Waals surface area contributed by atoms with Crippen molar-refractivity contribution in [3.63, 3.8) is 0 Å². The first-order chi connectivity index (χ1) is 6.69. The van der Waals surface area contributed by atoms with Gasteiger partial charge in [0.15, 0.2) is 0 Å². The van der Waals surface area contributed by atoms with Crippen molar-refractivity contribution in [3.8, 4) is 0 Å². The van der Waals surface area contributed by atoms with Gasteiger partial charge in [-0.3, -0.25) is 9.98 Å². The molecule has 0 bridgehead atoms. The second-order valence-corrected chi connectivity index (χ2v) is 3.20. The van der Waals surface area contributed by atoms with Gasteiger partial charge in [-0.25, -0.2) is 0 Å². The van der Waals surface area contributed by atoms with Crippen molar-refractivity contribution in [2.24, 2.45) is 4.99 Å². The molecule has 0 aliphatic heterocycles. The molecule has 0 atom stereocenters. The number of aromatic nitrogens is 1. The highest BCUT2D eigenvalue weighted by atomic mass is 35.5. The summed E-state index contributed by atoms with van der Waals surface area (Å²) in [6.45, 7) is 8.99. The predicted molar refractivity (Wildman–Crippen MR) is 61.7 cm³/mol. The number of rotatable bonds is 3. The topological polar surface area (TPSA) is 25.2 Å². The van der Waals surface area contributed by atoms with Crippen molar-refractivity contribution in [2.45, 2.75) is 6.92 Å². The lowest BCUT2D eigenvalue weighted by molar-refractivity contribution is 1.24. The number of pyridine rings is 1. The van der Waals surface area contributed by atoms with Crippen LogP contribution >= 0.6 is 11.6 Å². The molecule has 0 saturated carbocycles. The molecule has 0 aliphatic rings. The lowest BCUT2D eigenvalue weighted by atomic mass is 10.1. The van der Waals surface area contributed by atoms with Crippen LogP contribution in [0.25, 0.3) is 5.57 Å². The Kier molecular flexibility index (Phi) is 3.60. The zero-order chi connectivity index (χ0) is 10.6. The summed E-state index contributed by atoms with van der Waals surface area (Å²) >= 11 is 5.86. The highest BCUT2D eigenvalue weighted by molar-refractivity contribution is 6.31. The molecule has 0 unspecified atom stereocenters. The average molecular weight is 207 g/mol. The first kappa shape index (κ1) is 10.7. The van der Waals surface area contributed by atoms with E-state index >= 15 is 0 Å². The summed E-state index contributed by atoms with van der Waals surface area (Å²) in [7, 11) is 0. The van der Waals surface area contributed by atoms with Crippen LogP contribution in [-0.2, 0) is 0 Å². The molecule has 0 amide bonds. The number of aryl methyl sites for hydroxylation is 1. The van der Waals surface area contributed by atoms with Gasteiger partial charge in [0, 0.05) is 18.0 Å². The highest BCUT2D eigenvalue weighted by Crippen LogP contribution is 2.19. The molecule has 1 aromatic heterocycles. The number of hydrogen-bond donors (Lipinski definition) is 0. The molecule has 0 saturated heterocycles. The summed E-state index contributed by atoms with van der Waals surface area (Å²) in [6, 6.07) is 1.89. The Morgan fingerprint density at radius 1 is 1.64 bits per heavy atom. The monoisotopic (exact) mass is 206 g/mol. The maximum atomic E-state index is 5.86. The van der Waals surface area contributed by atoms with E-state index in [2.05, 4.69) is 23.3 Å². The third kappa shape index (κ3) is 2.30. The molecule has 0 aromatic carbocycles. The molecule has 72 valence electrons. The molecule has 1 heterocycles. The zero-order valence-electron chi connectivity index (χ0n) is 8.00. The molecule has 0 spiro atoms. The van der Waals surface area contributed by atoms with Gasteiger partial charge < -0.3 is 0 Å². The SMILES string of the molecule is C=C/C(=C\N=C)c1cc(C)c(Cl)cn1. The summed E-state index contributed by atoms with van der Waals surface area (Å²) < 4.78 is 0. The molecule has 1 aromatic rings. The smallest absolute Gasteiger partial charge is 0.0720 e. The van der Waals surface area contributed by atoms with Crippen molar-refractivity contribution in [3.05, 3.63) is 47.4 Å². The van der Waals surface area contributed by atoms with E-state index < -0.39 is 0 Å². The summed E-state index contributed by atoms with van der Waals surface area (Å²) in [5, 5.41) is 0.656. The predicted octanol–water partition coefficient (Wildman–Crippen LogP) is 3.27. The summed E-state index contributed by atoms with van der Waals surface area (Å²) in [5.41, 5.74) is 2.61. The molecule has 2 nitrogen and oxygen atoms in total. The highest BCUT2D eigenvalue weighted by Gasteiger charge is 2.01. The molecule has 0 fully saturated rings. The zero-order valence-corrected chi connectivity index (χ0v) is 8.75.